The second kappa shape index (κ2) is 3.24. The summed E-state index contributed by atoms with van der Waals surface area (Å²) >= 11 is 5.65. The van der Waals surface area contributed by atoms with E-state index >= 15 is 0 Å². The monoisotopic (exact) mass is 161 g/mol. The van der Waals surface area contributed by atoms with Gasteiger partial charge in [-0.2, -0.15) is 0 Å². The Hall–Kier alpha value is -0.240. The highest BCUT2D eigenvalue weighted by Crippen LogP contribution is 2.17. The lowest BCUT2D eigenvalue weighted by Crippen LogP contribution is -2.34. The lowest BCUT2D eigenvalue weighted by molar-refractivity contribution is -0.129. The Kier molecular flexibility index (Phi) is 2.55. The summed E-state index contributed by atoms with van der Waals surface area (Å²) in [6.07, 6.45) is 2.18. The molecule has 1 aliphatic heterocycles. The zero-order valence-corrected chi connectivity index (χ0v) is 6.90. The van der Waals surface area contributed by atoms with Gasteiger partial charge in [0.2, 0.25) is 5.91 Å². The lowest BCUT2D eigenvalue weighted by Gasteiger charge is -2.20. The van der Waals surface area contributed by atoms with Gasteiger partial charge in [-0.3, -0.25) is 4.79 Å². The maximum atomic E-state index is 10.9. The Balaban J connectivity index is 2.50. The Morgan fingerprint density at radius 3 is 2.90 bits per heavy atom. The SMILES string of the molecule is CC(=O)N1CCC[C@H]1CCl. The Morgan fingerprint density at radius 2 is 2.50 bits per heavy atom. The number of nitrogens with zero attached hydrogens (tertiary/aromatic N) is 1. The lowest BCUT2D eigenvalue weighted by atomic mass is 10.2. The number of amides is 1. The molecule has 1 rings (SSSR count). The van der Waals surface area contributed by atoms with Gasteiger partial charge < -0.3 is 4.90 Å². The highest BCUT2D eigenvalue weighted by Gasteiger charge is 2.24. The van der Waals surface area contributed by atoms with Crippen molar-refractivity contribution in [2.24, 2.45) is 0 Å². The maximum Gasteiger partial charge on any atom is 0.219 e. The van der Waals surface area contributed by atoms with E-state index in [0.717, 1.165) is 19.4 Å². The van der Waals surface area contributed by atoms with Crippen molar-refractivity contribution in [2.45, 2.75) is 25.8 Å². The minimum Gasteiger partial charge on any atom is -0.339 e. The van der Waals surface area contributed by atoms with E-state index < -0.39 is 0 Å². The molecule has 1 amide bonds. The molecule has 58 valence electrons. The highest BCUT2D eigenvalue weighted by molar-refractivity contribution is 6.18. The third-order valence-electron chi connectivity index (χ3n) is 1.96. The van der Waals surface area contributed by atoms with Crippen LogP contribution < -0.4 is 0 Å². The molecule has 0 aromatic carbocycles. The van der Waals surface area contributed by atoms with Gasteiger partial charge in [0.15, 0.2) is 0 Å². The molecule has 1 heterocycles. The molecule has 0 aromatic heterocycles. The first-order valence-corrected chi connectivity index (χ1v) is 4.12. The Labute approximate surface area is 66.1 Å². The summed E-state index contributed by atoms with van der Waals surface area (Å²) in [4.78, 5) is 12.7. The van der Waals surface area contributed by atoms with Crippen molar-refractivity contribution in [3.8, 4) is 0 Å². The van der Waals surface area contributed by atoms with E-state index in [-0.39, 0.29) is 5.91 Å². The average molecular weight is 162 g/mol. The van der Waals surface area contributed by atoms with Gasteiger partial charge in [-0.05, 0) is 12.8 Å². The fraction of sp³-hybridized carbons (Fsp3) is 0.857. The number of alkyl halides is 1. The van der Waals surface area contributed by atoms with Crippen molar-refractivity contribution in [3.05, 3.63) is 0 Å². The Morgan fingerprint density at radius 1 is 1.80 bits per heavy atom. The van der Waals surface area contributed by atoms with E-state index in [2.05, 4.69) is 0 Å². The molecule has 1 aliphatic rings. The predicted molar refractivity (Wildman–Crippen MR) is 41.1 cm³/mol. The molecule has 1 fully saturated rings. The normalized spacial score (nSPS) is 25.4. The molecule has 0 N–H and O–H groups in total. The minimum absolute atomic E-state index is 0.156. The van der Waals surface area contributed by atoms with E-state index in [9.17, 15) is 4.79 Å². The molecule has 10 heavy (non-hydrogen) atoms. The third-order valence-corrected chi connectivity index (χ3v) is 2.32. The summed E-state index contributed by atoms with van der Waals surface area (Å²) < 4.78 is 0. The predicted octanol–water partition coefficient (Wildman–Crippen LogP) is 1.24. The molecule has 0 radical (unpaired) electrons. The van der Waals surface area contributed by atoms with Gasteiger partial charge in [0.05, 0.1) is 0 Å². The van der Waals surface area contributed by atoms with E-state index in [1.54, 1.807) is 6.92 Å². The summed E-state index contributed by atoms with van der Waals surface area (Å²) in [6, 6.07) is 0.305. The first kappa shape index (κ1) is 7.86. The number of carbonyl (C=O) groups is 1. The summed E-state index contributed by atoms with van der Waals surface area (Å²) in [7, 11) is 0. The van der Waals surface area contributed by atoms with Crippen LogP contribution in [0.4, 0.5) is 0 Å². The maximum absolute atomic E-state index is 10.9. The smallest absolute Gasteiger partial charge is 0.219 e. The zero-order chi connectivity index (χ0) is 7.56. The van der Waals surface area contributed by atoms with E-state index in [1.165, 1.54) is 0 Å². The quantitative estimate of drug-likeness (QED) is 0.530. The van der Waals surface area contributed by atoms with Crippen LogP contribution >= 0.6 is 11.6 Å². The number of hydrogen-bond donors (Lipinski definition) is 0. The Bertz CT molecular complexity index is 138. The number of hydrogen-bond acceptors (Lipinski definition) is 1. The largest absolute Gasteiger partial charge is 0.339 e. The van der Waals surface area contributed by atoms with Crippen LogP contribution in [0.15, 0.2) is 0 Å². The van der Waals surface area contributed by atoms with Crippen LogP contribution in [0, 0.1) is 0 Å². The van der Waals surface area contributed by atoms with Crippen molar-refractivity contribution in [2.75, 3.05) is 12.4 Å². The van der Waals surface area contributed by atoms with Gasteiger partial charge in [-0.25, -0.2) is 0 Å². The number of likely N-dealkylation sites (tertiary alicyclic amines) is 1. The van der Waals surface area contributed by atoms with Crippen LogP contribution in [0.2, 0.25) is 0 Å². The van der Waals surface area contributed by atoms with Crippen molar-refractivity contribution in [1.29, 1.82) is 0 Å². The summed E-state index contributed by atoms with van der Waals surface area (Å²) in [5, 5.41) is 0. The second-order valence-corrected chi connectivity index (χ2v) is 2.97. The molecule has 0 aromatic rings. The van der Waals surface area contributed by atoms with Gasteiger partial charge in [0.1, 0.15) is 0 Å². The molecule has 0 spiro atoms. The topological polar surface area (TPSA) is 20.3 Å². The second-order valence-electron chi connectivity index (χ2n) is 2.66. The van der Waals surface area contributed by atoms with E-state index in [4.69, 9.17) is 11.6 Å². The van der Waals surface area contributed by atoms with E-state index in [0.29, 0.717) is 11.9 Å². The van der Waals surface area contributed by atoms with Gasteiger partial charge in [0.25, 0.3) is 0 Å². The highest BCUT2D eigenvalue weighted by atomic mass is 35.5. The summed E-state index contributed by atoms with van der Waals surface area (Å²) in [5.41, 5.74) is 0. The molecule has 1 saturated heterocycles. The van der Waals surface area contributed by atoms with Crippen LogP contribution in [-0.4, -0.2) is 29.3 Å². The zero-order valence-electron chi connectivity index (χ0n) is 6.14. The summed E-state index contributed by atoms with van der Waals surface area (Å²) in [6.45, 7) is 2.50. The average Bonchev–Trinajstić information content (AvgIpc) is 2.33. The first-order valence-electron chi connectivity index (χ1n) is 3.59. The van der Waals surface area contributed by atoms with Gasteiger partial charge in [0, 0.05) is 25.4 Å². The number of carbonyl (C=O) groups excluding carboxylic acids is 1. The minimum atomic E-state index is 0.156. The van der Waals surface area contributed by atoms with Crippen LogP contribution in [0.3, 0.4) is 0 Å². The standard InChI is InChI=1S/C7H12ClNO/c1-6(10)9-4-2-3-7(9)5-8/h7H,2-5H2,1H3/t7-/m0/s1. The van der Waals surface area contributed by atoms with Crippen molar-refractivity contribution in [1.82, 2.24) is 4.90 Å². The number of rotatable bonds is 1. The molecule has 0 aliphatic carbocycles. The van der Waals surface area contributed by atoms with Crippen molar-refractivity contribution >= 4 is 17.5 Å². The molecule has 1 atom stereocenters. The molecular weight excluding hydrogens is 150 g/mol. The van der Waals surface area contributed by atoms with Gasteiger partial charge >= 0.3 is 0 Å². The van der Waals surface area contributed by atoms with Crippen LogP contribution in [0.5, 0.6) is 0 Å². The van der Waals surface area contributed by atoms with Crippen LogP contribution in [-0.2, 0) is 4.79 Å². The third kappa shape index (κ3) is 1.43. The fourth-order valence-corrected chi connectivity index (χ4v) is 1.73. The fourth-order valence-electron chi connectivity index (χ4n) is 1.41. The number of halogens is 1. The summed E-state index contributed by atoms with van der Waals surface area (Å²) in [5.74, 6) is 0.739. The van der Waals surface area contributed by atoms with Crippen LogP contribution in [0.1, 0.15) is 19.8 Å². The molecule has 0 unspecified atom stereocenters. The molecule has 3 heteroatoms. The van der Waals surface area contributed by atoms with E-state index in [1.807, 2.05) is 4.90 Å². The van der Waals surface area contributed by atoms with Crippen molar-refractivity contribution in [3.63, 3.8) is 0 Å². The molecule has 0 saturated carbocycles. The first-order chi connectivity index (χ1) is 4.75. The molecular formula is C7H12ClNO. The van der Waals surface area contributed by atoms with Crippen molar-refractivity contribution < 1.29 is 4.79 Å². The van der Waals surface area contributed by atoms with Crippen LogP contribution in [0.25, 0.3) is 0 Å². The van der Waals surface area contributed by atoms with Gasteiger partial charge in [-0.1, -0.05) is 0 Å². The molecule has 0 bridgehead atoms. The van der Waals surface area contributed by atoms with Gasteiger partial charge in [-0.15, -0.1) is 11.6 Å². The molecule has 2 nitrogen and oxygen atoms in total.